The third kappa shape index (κ3) is 4.41. The normalized spacial score (nSPS) is 16.2. The van der Waals surface area contributed by atoms with Crippen LogP contribution in [0.5, 0.6) is 5.75 Å². The van der Waals surface area contributed by atoms with Crippen LogP contribution in [0.3, 0.4) is 0 Å². The van der Waals surface area contributed by atoms with Gasteiger partial charge in [-0.1, -0.05) is 12.1 Å². The highest BCUT2D eigenvalue weighted by Crippen LogP contribution is 2.19. The molecular weight excluding hydrogens is 274 g/mol. The summed E-state index contributed by atoms with van der Waals surface area (Å²) in [7, 11) is 0. The molecule has 1 amide bonds. The quantitative estimate of drug-likeness (QED) is 0.781. The highest BCUT2D eigenvalue weighted by molar-refractivity contribution is 6.18. The smallest absolute Gasteiger partial charge is 0.225 e. The van der Waals surface area contributed by atoms with E-state index in [2.05, 4.69) is 0 Å². The Balaban J connectivity index is 1.70. The zero-order chi connectivity index (χ0) is 14.4. The number of likely N-dealkylation sites (tertiary alicyclic amines) is 1. The van der Waals surface area contributed by atoms with Crippen molar-refractivity contribution < 1.29 is 9.53 Å². The molecule has 0 aliphatic carbocycles. The third-order valence-electron chi connectivity index (χ3n) is 3.76. The van der Waals surface area contributed by atoms with Gasteiger partial charge in [-0.2, -0.15) is 0 Å². The van der Waals surface area contributed by atoms with Crippen LogP contribution in [0, 0.1) is 12.8 Å². The third-order valence-corrected chi connectivity index (χ3v) is 4.20. The summed E-state index contributed by atoms with van der Waals surface area (Å²) in [5, 5.41) is 0. The summed E-state index contributed by atoms with van der Waals surface area (Å²) in [6, 6.07) is 7.89. The first-order valence-electron chi connectivity index (χ1n) is 7.22. The highest BCUT2D eigenvalue weighted by atomic mass is 35.5. The number of hydrogen-bond donors (Lipinski definition) is 0. The van der Waals surface area contributed by atoms with Gasteiger partial charge in [0.2, 0.25) is 5.91 Å². The Morgan fingerprint density at radius 1 is 1.40 bits per heavy atom. The molecule has 0 saturated carbocycles. The van der Waals surface area contributed by atoms with E-state index in [0.29, 0.717) is 24.8 Å². The molecule has 1 heterocycles. The van der Waals surface area contributed by atoms with E-state index in [1.165, 1.54) is 0 Å². The maximum Gasteiger partial charge on any atom is 0.225 e. The second-order valence-electron chi connectivity index (χ2n) is 5.39. The number of benzene rings is 1. The molecule has 110 valence electrons. The first-order chi connectivity index (χ1) is 9.69. The first kappa shape index (κ1) is 15.2. The van der Waals surface area contributed by atoms with Gasteiger partial charge in [-0.25, -0.2) is 0 Å². The lowest BCUT2D eigenvalue weighted by Gasteiger charge is -2.31. The lowest BCUT2D eigenvalue weighted by atomic mass is 9.99. The molecular formula is C16H22ClNO2. The Morgan fingerprint density at radius 2 is 2.15 bits per heavy atom. The molecule has 1 aromatic rings. The van der Waals surface area contributed by atoms with Gasteiger partial charge in [-0.15, -0.1) is 11.6 Å². The van der Waals surface area contributed by atoms with E-state index in [1.54, 1.807) is 0 Å². The Hall–Kier alpha value is -1.22. The van der Waals surface area contributed by atoms with Crippen LogP contribution in [0.25, 0.3) is 0 Å². The van der Waals surface area contributed by atoms with Gasteiger partial charge < -0.3 is 9.64 Å². The Kier molecular flexibility index (Phi) is 5.72. The summed E-state index contributed by atoms with van der Waals surface area (Å²) < 4.78 is 5.62. The molecule has 1 fully saturated rings. The van der Waals surface area contributed by atoms with Crippen LogP contribution >= 0.6 is 11.6 Å². The molecule has 2 rings (SSSR count). The number of nitrogens with zero attached hydrogens (tertiary/aromatic N) is 1. The largest absolute Gasteiger partial charge is 0.493 e. The molecule has 1 aromatic carbocycles. The van der Waals surface area contributed by atoms with Crippen molar-refractivity contribution in [2.45, 2.75) is 26.2 Å². The van der Waals surface area contributed by atoms with Crippen molar-refractivity contribution in [2.75, 3.05) is 25.6 Å². The molecule has 0 unspecified atom stereocenters. The molecule has 0 atom stereocenters. The van der Waals surface area contributed by atoms with E-state index < -0.39 is 0 Å². The summed E-state index contributed by atoms with van der Waals surface area (Å²) in [6.45, 7) is 4.14. The molecule has 1 saturated heterocycles. The molecule has 1 aliphatic rings. The van der Waals surface area contributed by atoms with Crippen molar-refractivity contribution in [1.82, 2.24) is 4.90 Å². The molecule has 4 heteroatoms. The fourth-order valence-corrected chi connectivity index (χ4v) is 2.76. The zero-order valence-electron chi connectivity index (χ0n) is 12.0. The molecule has 0 N–H and O–H groups in total. The summed E-state index contributed by atoms with van der Waals surface area (Å²) in [6.07, 6.45) is 2.49. The van der Waals surface area contributed by atoms with Crippen LogP contribution < -0.4 is 4.74 Å². The maximum absolute atomic E-state index is 12.1. The van der Waals surface area contributed by atoms with Crippen molar-refractivity contribution in [3.8, 4) is 5.75 Å². The van der Waals surface area contributed by atoms with Crippen molar-refractivity contribution in [3.05, 3.63) is 29.8 Å². The minimum absolute atomic E-state index is 0.186. The second-order valence-corrected chi connectivity index (χ2v) is 5.70. The van der Waals surface area contributed by atoms with Crippen LogP contribution in [0.2, 0.25) is 0 Å². The number of rotatable bonds is 5. The Labute approximate surface area is 125 Å². The molecule has 3 nitrogen and oxygen atoms in total. The fourth-order valence-electron chi connectivity index (χ4n) is 2.46. The molecule has 0 radical (unpaired) electrons. The van der Waals surface area contributed by atoms with Crippen molar-refractivity contribution in [2.24, 2.45) is 5.92 Å². The molecule has 0 bridgehead atoms. The zero-order valence-corrected chi connectivity index (χ0v) is 12.7. The van der Waals surface area contributed by atoms with E-state index in [9.17, 15) is 4.79 Å². The van der Waals surface area contributed by atoms with Gasteiger partial charge in [0.15, 0.2) is 0 Å². The number of carbonyl (C=O) groups is 1. The van der Waals surface area contributed by atoms with Gasteiger partial charge in [-0.05, 0) is 43.4 Å². The summed E-state index contributed by atoms with van der Waals surface area (Å²) in [5.41, 5.74) is 1.16. The predicted molar refractivity (Wildman–Crippen MR) is 81.3 cm³/mol. The summed E-state index contributed by atoms with van der Waals surface area (Å²) in [5.74, 6) is 2.30. The standard InChI is InChI=1S/C16H22ClNO2/c1-13-3-2-4-15(11-13)20-10-7-16(19)18-8-5-14(12-17)6-9-18/h2-4,11,14H,5-10,12H2,1H3. The van der Waals surface area contributed by atoms with E-state index in [4.69, 9.17) is 16.3 Å². The number of amides is 1. The van der Waals surface area contributed by atoms with Crippen LogP contribution in [-0.2, 0) is 4.79 Å². The number of hydrogen-bond acceptors (Lipinski definition) is 2. The van der Waals surface area contributed by atoms with Gasteiger partial charge >= 0.3 is 0 Å². The summed E-state index contributed by atoms with van der Waals surface area (Å²) >= 11 is 5.85. The van der Waals surface area contributed by atoms with Crippen LogP contribution in [-0.4, -0.2) is 36.4 Å². The number of halogens is 1. The summed E-state index contributed by atoms with van der Waals surface area (Å²) in [4.78, 5) is 14.0. The van der Waals surface area contributed by atoms with Gasteiger partial charge in [-0.3, -0.25) is 4.79 Å². The number of ether oxygens (including phenoxy) is 1. The van der Waals surface area contributed by atoms with Crippen molar-refractivity contribution in [1.29, 1.82) is 0 Å². The monoisotopic (exact) mass is 295 g/mol. The number of piperidine rings is 1. The maximum atomic E-state index is 12.1. The van der Waals surface area contributed by atoms with Gasteiger partial charge in [0.25, 0.3) is 0 Å². The van der Waals surface area contributed by atoms with Crippen LogP contribution in [0.4, 0.5) is 0 Å². The van der Waals surface area contributed by atoms with Gasteiger partial charge in [0.1, 0.15) is 5.75 Å². The van der Waals surface area contributed by atoms with E-state index in [0.717, 1.165) is 37.2 Å². The van der Waals surface area contributed by atoms with E-state index in [-0.39, 0.29) is 5.91 Å². The van der Waals surface area contributed by atoms with E-state index in [1.807, 2.05) is 36.1 Å². The number of aryl methyl sites for hydroxylation is 1. The average Bonchev–Trinajstić information content (AvgIpc) is 2.47. The first-order valence-corrected chi connectivity index (χ1v) is 7.75. The predicted octanol–water partition coefficient (Wildman–Crippen LogP) is 3.24. The van der Waals surface area contributed by atoms with Crippen LogP contribution in [0.15, 0.2) is 24.3 Å². The van der Waals surface area contributed by atoms with Crippen molar-refractivity contribution >= 4 is 17.5 Å². The van der Waals surface area contributed by atoms with Crippen LogP contribution in [0.1, 0.15) is 24.8 Å². The highest BCUT2D eigenvalue weighted by Gasteiger charge is 2.21. The van der Waals surface area contributed by atoms with E-state index >= 15 is 0 Å². The van der Waals surface area contributed by atoms with Crippen molar-refractivity contribution in [3.63, 3.8) is 0 Å². The minimum Gasteiger partial charge on any atom is -0.493 e. The SMILES string of the molecule is Cc1cccc(OCCC(=O)N2CCC(CCl)CC2)c1. The topological polar surface area (TPSA) is 29.5 Å². The number of alkyl halides is 1. The lowest BCUT2D eigenvalue weighted by molar-refractivity contribution is -0.133. The fraction of sp³-hybridized carbons (Fsp3) is 0.562. The van der Waals surface area contributed by atoms with Gasteiger partial charge in [0, 0.05) is 19.0 Å². The van der Waals surface area contributed by atoms with Gasteiger partial charge in [0.05, 0.1) is 13.0 Å². The average molecular weight is 296 g/mol. The molecule has 0 aromatic heterocycles. The minimum atomic E-state index is 0.186. The number of carbonyl (C=O) groups excluding carboxylic acids is 1. The molecule has 20 heavy (non-hydrogen) atoms. The Bertz CT molecular complexity index is 442. The second kappa shape index (κ2) is 7.53. The molecule has 1 aliphatic heterocycles. The lowest BCUT2D eigenvalue weighted by Crippen LogP contribution is -2.39. The molecule has 0 spiro atoms. The Morgan fingerprint density at radius 3 is 2.80 bits per heavy atom.